The standard InChI is InChI=1S/C15H12N4O5/c1-7-10(6-16)13(21)19(2)14(22)12(7)18-17-8-3-4-11(20)9(5-8)15(23)24/h3-5,20-21H,1-2H3,(H,23,24)/p-1. The van der Waals surface area contributed by atoms with Gasteiger partial charge in [0.05, 0.1) is 11.3 Å². The molecule has 0 bridgehead atoms. The van der Waals surface area contributed by atoms with Crippen LogP contribution in [0.2, 0.25) is 0 Å². The van der Waals surface area contributed by atoms with Crippen LogP contribution in [0, 0.1) is 18.3 Å². The van der Waals surface area contributed by atoms with E-state index in [1.165, 1.54) is 20.0 Å². The third-order valence-corrected chi connectivity index (χ3v) is 3.35. The Morgan fingerprint density at radius 1 is 1.38 bits per heavy atom. The van der Waals surface area contributed by atoms with Crippen LogP contribution in [0.25, 0.3) is 0 Å². The second kappa shape index (κ2) is 6.21. The molecule has 24 heavy (non-hydrogen) atoms. The van der Waals surface area contributed by atoms with Crippen LogP contribution in [0.1, 0.15) is 21.5 Å². The number of benzene rings is 1. The zero-order valence-corrected chi connectivity index (χ0v) is 12.6. The van der Waals surface area contributed by atoms with E-state index in [4.69, 9.17) is 10.4 Å². The van der Waals surface area contributed by atoms with Crippen molar-refractivity contribution in [1.29, 1.82) is 5.26 Å². The van der Waals surface area contributed by atoms with Crippen molar-refractivity contribution in [3.8, 4) is 17.7 Å². The SMILES string of the molecule is Cc1c(C#N)c(O)n(C)c(=O)c1N=Nc1ccc([O-])c(C(=O)O)c1. The molecule has 9 nitrogen and oxygen atoms in total. The summed E-state index contributed by atoms with van der Waals surface area (Å²) in [4.78, 5) is 23.1. The van der Waals surface area contributed by atoms with Crippen molar-refractivity contribution < 1.29 is 20.1 Å². The molecule has 2 rings (SSSR count). The van der Waals surface area contributed by atoms with Gasteiger partial charge in [0.25, 0.3) is 5.56 Å². The summed E-state index contributed by atoms with van der Waals surface area (Å²) in [6.45, 7) is 1.43. The molecule has 2 aromatic rings. The molecular formula is C15H11N4O5-. The van der Waals surface area contributed by atoms with Gasteiger partial charge < -0.3 is 15.3 Å². The summed E-state index contributed by atoms with van der Waals surface area (Å²) < 4.78 is 0.851. The van der Waals surface area contributed by atoms with Gasteiger partial charge in [0.1, 0.15) is 11.6 Å². The fourth-order valence-electron chi connectivity index (χ4n) is 1.98. The molecule has 1 aromatic heterocycles. The highest BCUT2D eigenvalue weighted by molar-refractivity contribution is 5.91. The maximum absolute atomic E-state index is 12.1. The minimum absolute atomic E-state index is 0.0556. The lowest BCUT2D eigenvalue weighted by Crippen LogP contribution is -2.18. The number of nitriles is 1. The van der Waals surface area contributed by atoms with E-state index in [9.17, 15) is 19.8 Å². The van der Waals surface area contributed by atoms with E-state index in [1.807, 2.05) is 0 Å². The van der Waals surface area contributed by atoms with E-state index >= 15 is 0 Å². The summed E-state index contributed by atoms with van der Waals surface area (Å²) in [5, 5.41) is 46.6. The smallest absolute Gasteiger partial charge is 0.335 e. The Kier molecular flexibility index (Phi) is 4.32. The molecule has 0 spiro atoms. The number of carbonyl (C=O) groups is 1. The molecule has 0 unspecified atom stereocenters. The minimum Gasteiger partial charge on any atom is -0.872 e. The summed E-state index contributed by atoms with van der Waals surface area (Å²) in [5.74, 6) is -2.56. The van der Waals surface area contributed by atoms with E-state index < -0.39 is 28.7 Å². The Balaban J connectivity index is 2.57. The average Bonchev–Trinajstić information content (AvgIpc) is 2.54. The predicted molar refractivity (Wildman–Crippen MR) is 79.8 cm³/mol. The zero-order valence-electron chi connectivity index (χ0n) is 12.6. The molecule has 0 aliphatic rings. The molecule has 0 amide bonds. The lowest BCUT2D eigenvalue weighted by atomic mass is 10.1. The van der Waals surface area contributed by atoms with Crippen molar-refractivity contribution in [3.63, 3.8) is 0 Å². The van der Waals surface area contributed by atoms with Crippen LogP contribution < -0.4 is 10.7 Å². The van der Waals surface area contributed by atoms with Crippen LogP contribution in [0.15, 0.2) is 33.2 Å². The first-order valence-corrected chi connectivity index (χ1v) is 6.56. The van der Waals surface area contributed by atoms with E-state index in [-0.39, 0.29) is 22.5 Å². The monoisotopic (exact) mass is 327 g/mol. The molecule has 1 heterocycles. The maximum atomic E-state index is 12.1. The van der Waals surface area contributed by atoms with Crippen LogP contribution in [-0.4, -0.2) is 20.7 Å². The summed E-state index contributed by atoms with van der Waals surface area (Å²) in [7, 11) is 1.27. The number of aromatic nitrogens is 1. The highest BCUT2D eigenvalue weighted by Gasteiger charge is 2.17. The molecule has 9 heteroatoms. The fourth-order valence-corrected chi connectivity index (χ4v) is 1.98. The van der Waals surface area contributed by atoms with E-state index in [1.54, 1.807) is 6.07 Å². The number of carboxylic acids is 1. The van der Waals surface area contributed by atoms with Crippen molar-refractivity contribution >= 4 is 17.3 Å². The largest absolute Gasteiger partial charge is 0.872 e. The lowest BCUT2D eigenvalue weighted by Gasteiger charge is -2.10. The van der Waals surface area contributed by atoms with Crippen LogP contribution in [0.4, 0.5) is 11.4 Å². The number of aromatic carboxylic acids is 1. The number of aromatic hydroxyl groups is 1. The third kappa shape index (κ3) is 2.80. The first kappa shape index (κ1) is 16.7. The van der Waals surface area contributed by atoms with Gasteiger partial charge in [0, 0.05) is 12.6 Å². The predicted octanol–water partition coefficient (Wildman–Crippen LogP) is 1.46. The van der Waals surface area contributed by atoms with Crippen molar-refractivity contribution in [1.82, 2.24) is 4.57 Å². The second-order valence-corrected chi connectivity index (χ2v) is 4.83. The fraction of sp³-hybridized carbons (Fsp3) is 0.133. The van der Waals surface area contributed by atoms with E-state index in [0.29, 0.717) is 0 Å². The summed E-state index contributed by atoms with van der Waals surface area (Å²) in [6, 6.07) is 5.08. The van der Waals surface area contributed by atoms with Crippen LogP contribution in [0.5, 0.6) is 11.6 Å². The third-order valence-electron chi connectivity index (χ3n) is 3.35. The van der Waals surface area contributed by atoms with Gasteiger partial charge in [0.2, 0.25) is 5.88 Å². The average molecular weight is 327 g/mol. The molecule has 0 radical (unpaired) electrons. The van der Waals surface area contributed by atoms with Crippen molar-refractivity contribution in [2.75, 3.05) is 0 Å². The van der Waals surface area contributed by atoms with E-state index in [0.717, 1.165) is 16.7 Å². The van der Waals surface area contributed by atoms with Crippen molar-refractivity contribution in [2.45, 2.75) is 6.92 Å². The van der Waals surface area contributed by atoms with Gasteiger partial charge in [-0.15, -0.1) is 5.11 Å². The number of rotatable bonds is 3. The molecule has 0 atom stereocenters. The molecule has 0 saturated heterocycles. The van der Waals surface area contributed by atoms with Gasteiger partial charge in [-0.05, 0) is 19.1 Å². The number of carboxylic acid groups (broad SMARTS) is 1. The molecule has 0 saturated carbocycles. The highest BCUT2D eigenvalue weighted by Crippen LogP contribution is 2.27. The number of hydrogen-bond acceptors (Lipinski definition) is 7. The van der Waals surface area contributed by atoms with Gasteiger partial charge >= 0.3 is 5.97 Å². The minimum atomic E-state index is -1.40. The number of pyridine rings is 1. The normalized spacial score (nSPS) is 10.7. The summed E-state index contributed by atoms with van der Waals surface area (Å²) in [5.41, 5.74) is -1.24. The van der Waals surface area contributed by atoms with E-state index in [2.05, 4.69) is 10.2 Å². The first-order chi connectivity index (χ1) is 11.3. The van der Waals surface area contributed by atoms with Gasteiger partial charge in [-0.1, -0.05) is 11.8 Å². The quantitative estimate of drug-likeness (QED) is 0.814. The topological polar surface area (TPSA) is 151 Å². The van der Waals surface area contributed by atoms with Gasteiger partial charge in [-0.25, -0.2) is 4.79 Å². The van der Waals surface area contributed by atoms with Crippen LogP contribution >= 0.6 is 0 Å². The van der Waals surface area contributed by atoms with Crippen molar-refractivity contribution in [2.24, 2.45) is 17.3 Å². The number of nitrogens with zero attached hydrogens (tertiary/aromatic N) is 4. The van der Waals surface area contributed by atoms with Gasteiger partial charge in [-0.3, -0.25) is 9.36 Å². The second-order valence-electron chi connectivity index (χ2n) is 4.83. The summed E-state index contributed by atoms with van der Waals surface area (Å²) in [6.07, 6.45) is 0. The highest BCUT2D eigenvalue weighted by atomic mass is 16.4. The summed E-state index contributed by atoms with van der Waals surface area (Å²) >= 11 is 0. The number of hydrogen-bond donors (Lipinski definition) is 2. The molecule has 2 N–H and O–H groups in total. The Labute approximate surface area is 135 Å². The molecule has 122 valence electrons. The molecular weight excluding hydrogens is 316 g/mol. The first-order valence-electron chi connectivity index (χ1n) is 6.56. The maximum Gasteiger partial charge on any atom is 0.335 e. The Morgan fingerprint density at radius 3 is 2.62 bits per heavy atom. The Bertz CT molecular complexity index is 969. The Morgan fingerprint density at radius 2 is 2.04 bits per heavy atom. The Hall–Kier alpha value is -3.67. The molecule has 0 aliphatic carbocycles. The zero-order chi connectivity index (χ0) is 18.0. The van der Waals surface area contributed by atoms with Crippen LogP contribution in [-0.2, 0) is 7.05 Å². The molecule has 0 fully saturated rings. The molecule has 0 aliphatic heterocycles. The van der Waals surface area contributed by atoms with Gasteiger partial charge in [0.15, 0.2) is 5.69 Å². The van der Waals surface area contributed by atoms with Crippen molar-refractivity contribution in [3.05, 3.63) is 45.2 Å². The number of azo groups is 1. The lowest BCUT2D eigenvalue weighted by molar-refractivity contribution is -0.268. The molecule has 1 aromatic carbocycles. The van der Waals surface area contributed by atoms with Crippen LogP contribution in [0.3, 0.4) is 0 Å². The van der Waals surface area contributed by atoms with Gasteiger partial charge in [-0.2, -0.15) is 10.4 Å².